The van der Waals surface area contributed by atoms with Gasteiger partial charge in [0, 0.05) is 19.6 Å². The second-order valence-electron chi connectivity index (χ2n) is 6.83. The van der Waals surface area contributed by atoms with E-state index < -0.39 is 6.10 Å². The number of benzene rings is 1. The zero-order chi connectivity index (χ0) is 16.8. The first-order valence-corrected chi connectivity index (χ1v) is 8.79. The molecule has 0 aliphatic carbocycles. The topological polar surface area (TPSA) is 52.6 Å². The highest BCUT2D eigenvalue weighted by atomic mass is 16.3. The maximum Gasteiger partial charge on any atom is 0.224 e. The Kier molecular flexibility index (Phi) is 6.60. The SMILES string of the molecule is CCNC(=O)[C@@H]1CCCN(C[C@H](O)c2ccc(C(C)C)cc2)C1. The molecular formula is C19H30N2O2. The van der Waals surface area contributed by atoms with Crippen molar-refractivity contribution in [2.24, 2.45) is 5.92 Å². The number of aliphatic hydroxyl groups excluding tert-OH is 1. The average Bonchev–Trinajstić information content (AvgIpc) is 2.55. The lowest BCUT2D eigenvalue weighted by atomic mass is 9.96. The molecule has 0 unspecified atom stereocenters. The quantitative estimate of drug-likeness (QED) is 0.848. The summed E-state index contributed by atoms with van der Waals surface area (Å²) in [5, 5.41) is 13.4. The maximum absolute atomic E-state index is 12.0. The van der Waals surface area contributed by atoms with Gasteiger partial charge in [-0.05, 0) is 43.4 Å². The van der Waals surface area contributed by atoms with Gasteiger partial charge < -0.3 is 10.4 Å². The normalized spacial score (nSPS) is 20.5. The summed E-state index contributed by atoms with van der Waals surface area (Å²) in [6.45, 7) is 9.26. The molecule has 0 saturated carbocycles. The van der Waals surface area contributed by atoms with Crippen LogP contribution >= 0.6 is 0 Å². The van der Waals surface area contributed by atoms with E-state index in [-0.39, 0.29) is 11.8 Å². The van der Waals surface area contributed by atoms with Crippen molar-refractivity contribution in [3.05, 3.63) is 35.4 Å². The Morgan fingerprint density at radius 2 is 1.96 bits per heavy atom. The Labute approximate surface area is 139 Å². The second-order valence-corrected chi connectivity index (χ2v) is 6.83. The highest BCUT2D eigenvalue weighted by Crippen LogP contribution is 2.22. The van der Waals surface area contributed by atoms with E-state index in [4.69, 9.17) is 0 Å². The lowest BCUT2D eigenvalue weighted by Gasteiger charge is -2.33. The van der Waals surface area contributed by atoms with Crippen molar-refractivity contribution < 1.29 is 9.90 Å². The number of piperidine rings is 1. The number of carbonyl (C=O) groups excluding carboxylic acids is 1. The van der Waals surface area contributed by atoms with Crippen LogP contribution in [0.5, 0.6) is 0 Å². The molecule has 1 aromatic rings. The van der Waals surface area contributed by atoms with Crippen LogP contribution < -0.4 is 5.32 Å². The summed E-state index contributed by atoms with van der Waals surface area (Å²) in [4.78, 5) is 14.2. The molecule has 1 aliphatic rings. The fraction of sp³-hybridized carbons (Fsp3) is 0.632. The molecule has 0 radical (unpaired) electrons. The molecule has 128 valence electrons. The Morgan fingerprint density at radius 3 is 2.57 bits per heavy atom. The van der Waals surface area contributed by atoms with Gasteiger partial charge in [0.2, 0.25) is 5.91 Å². The molecule has 0 spiro atoms. The van der Waals surface area contributed by atoms with Gasteiger partial charge in [0.05, 0.1) is 12.0 Å². The maximum atomic E-state index is 12.0. The number of amides is 1. The van der Waals surface area contributed by atoms with E-state index >= 15 is 0 Å². The molecule has 1 amide bonds. The third kappa shape index (κ3) is 5.05. The van der Waals surface area contributed by atoms with E-state index in [1.165, 1.54) is 5.56 Å². The van der Waals surface area contributed by atoms with Gasteiger partial charge in [-0.25, -0.2) is 0 Å². The van der Waals surface area contributed by atoms with Gasteiger partial charge in [-0.15, -0.1) is 0 Å². The van der Waals surface area contributed by atoms with Gasteiger partial charge in [0.25, 0.3) is 0 Å². The molecule has 4 nitrogen and oxygen atoms in total. The number of nitrogens with zero attached hydrogens (tertiary/aromatic N) is 1. The predicted molar refractivity (Wildman–Crippen MR) is 93.3 cm³/mol. The summed E-state index contributed by atoms with van der Waals surface area (Å²) in [5.74, 6) is 0.702. The van der Waals surface area contributed by atoms with Gasteiger partial charge in [-0.1, -0.05) is 38.1 Å². The van der Waals surface area contributed by atoms with Crippen molar-refractivity contribution >= 4 is 5.91 Å². The first-order valence-electron chi connectivity index (χ1n) is 8.79. The monoisotopic (exact) mass is 318 g/mol. The Morgan fingerprint density at radius 1 is 1.30 bits per heavy atom. The van der Waals surface area contributed by atoms with Gasteiger partial charge in [-0.3, -0.25) is 9.69 Å². The van der Waals surface area contributed by atoms with Crippen LogP contribution in [0, 0.1) is 5.92 Å². The first-order chi connectivity index (χ1) is 11.0. The number of aliphatic hydroxyl groups is 1. The largest absolute Gasteiger partial charge is 0.387 e. The van der Waals surface area contributed by atoms with Crippen molar-refractivity contribution in [2.45, 2.75) is 45.6 Å². The van der Waals surface area contributed by atoms with Crippen LogP contribution in [0.25, 0.3) is 0 Å². The molecular weight excluding hydrogens is 288 g/mol. The van der Waals surface area contributed by atoms with E-state index in [1.807, 2.05) is 19.1 Å². The van der Waals surface area contributed by atoms with Crippen LogP contribution in [0.3, 0.4) is 0 Å². The molecule has 0 bridgehead atoms. The van der Waals surface area contributed by atoms with E-state index in [1.54, 1.807) is 0 Å². The molecule has 1 heterocycles. The van der Waals surface area contributed by atoms with Crippen molar-refractivity contribution in [1.82, 2.24) is 10.2 Å². The van der Waals surface area contributed by atoms with E-state index in [2.05, 4.69) is 36.2 Å². The van der Waals surface area contributed by atoms with E-state index in [9.17, 15) is 9.90 Å². The van der Waals surface area contributed by atoms with Gasteiger partial charge in [0.15, 0.2) is 0 Å². The molecule has 2 rings (SSSR count). The number of likely N-dealkylation sites (tertiary alicyclic amines) is 1. The summed E-state index contributed by atoms with van der Waals surface area (Å²) >= 11 is 0. The fourth-order valence-corrected chi connectivity index (χ4v) is 3.21. The molecule has 0 aromatic heterocycles. The molecule has 2 N–H and O–H groups in total. The summed E-state index contributed by atoms with van der Waals surface area (Å²) in [6, 6.07) is 8.23. The van der Waals surface area contributed by atoms with Crippen molar-refractivity contribution in [1.29, 1.82) is 0 Å². The molecule has 1 saturated heterocycles. The average molecular weight is 318 g/mol. The fourth-order valence-electron chi connectivity index (χ4n) is 3.21. The summed E-state index contributed by atoms with van der Waals surface area (Å²) in [6.07, 6.45) is 1.46. The molecule has 1 aromatic carbocycles. The Balaban J connectivity index is 1.91. The number of nitrogens with one attached hydrogen (secondary N) is 1. The Hall–Kier alpha value is -1.39. The highest BCUT2D eigenvalue weighted by Gasteiger charge is 2.26. The number of carbonyl (C=O) groups is 1. The van der Waals surface area contributed by atoms with Gasteiger partial charge >= 0.3 is 0 Å². The summed E-state index contributed by atoms with van der Waals surface area (Å²) in [5.41, 5.74) is 2.24. The molecule has 2 atom stereocenters. The van der Waals surface area contributed by atoms with Crippen LogP contribution in [-0.2, 0) is 4.79 Å². The summed E-state index contributed by atoms with van der Waals surface area (Å²) < 4.78 is 0. The second kappa shape index (κ2) is 8.46. The minimum Gasteiger partial charge on any atom is -0.387 e. The van der Waals surface area contributed by atoms with Crippen LogP contribution in [-0.4, -0.2) is 42.1 Å². The first kappa shape index (κ1) is 18.0. The van der Waals surface area contributed by atoms with Crippen molar-refractivity contribution in [3.63, 3.8) is 0 Å². The zero-order valence-electron chi connectivity index (χ0n) is 14.6. The lowest BCUT2D eigenvalue weighted by Crippen LogP contribution is -2.44. The van der Waals surface area contributed by atoms with Crippen molar-refractivity contribution in [3.8, 4) is 0 Å². The minimum atomic E-state index is -0.496. The van der Waals surface area contributed by atoms with Crippen LogP contribution in [0.1, 0.15) is 56.8 Å². The zero-order valence-corrected chi connectivity index (χ0v) is 14.6. The number of rotatable bonds is 6. The predicted octanol–water partition coefficient (Wildman–Crippen LogP) is 2.69. The highest BCUT2D eigenvalue weighted by molar-refractivity contribution is 5.78. The third-order valence-electron chi connectivity index (χ3n) is 4.65. The standard InChI is InChI=1S/C19H30N2O2/c1-4-20-19(23)17-6-5-11-21(12-17)13-18(22)16-9-7-15(8-10-16)14(2)3/h7-10,14,17-18,22H,4-6,11-13H2,1-3H3,(H,20,23)/t17-,18+/m1/s1. The van der Waals surface area contributed by atoms with Crippen LogP contribution in [0.15, 0.2) is 24.3 Å². The number of hydrogen-bond donors (Lipinski definition) is 2. The minimum absolute atomic E-state index is 0.0548. The third-order valence-corrected chi connectivity index (χ3v) is 4.65. The Bertz CT molecular complexity index is 499. The van der Waals surface area contributed by atoms with Gasteiger partial charge in [-0.2, -0.15) is 0 Å². The van der Waals surface area contributed by atoms with Gasteiger partial charge in [0.1, 0.15) is 0 Å². The lowest BCUT2D eigenvalue weighted by molar-refractivity contribution is -0.126. The molecule has 4 heteroatoms. The van der Waals surface area contributed by atoms with E-state index in [0.29, 0.717) is 19.0 Å². The molecule has 1 aliphatic heterocycles. The van der Waals surface area contributed by atoms with Crippen LogP contribution in [0.4, 0.5) is 0 Å². The molecule has 1 fully saturated rings. The smallest absolute Gasteiger partial charge is 0.224 e. The molecule has 23 heavy (non-hydrogen) atoms. The van der Waals surface area contributed by atoms with Crippen LogP contribution in [0.2, 0.25) is 0 Å². The number of hydrogen-bond acceptors (Lipinski definition) is 3. The van der Waals surface area contributed by atoms with E-state index in [0.717, 1.165) is 31.5 Å². The summed E-state index contributed by atoms with van der Waals surface area (Å²) in [7, 11) is 0. The van der Waals surface area contributed by atoms with Crippen molar-refractivity contribution in [2.75, 3.05) is 26.2 Å². The number of β-amino-alcohol motifs (C(OH)–C–C–N with tert-alkyl or cyclic N) is 1.